The highest BCUT2D eigenvalue weighted by Gasteiger charge is 2.18. The predicted octanol–water partition coefficient (Wildman–Crippen LogP) is 0.383. The number of hydrogen-bond acceptors (Lipinski definition) is 3. The van der Waals surface area contributed by atoms with Crippen molar-refractivity contribution >= 4 is 5.78 Å². The first kappa shape index (κ1) is 9.26. The minimum absolute atomic E-state index is 0.0732. The third kappa shape index (κ3) is 2.08. The van der Waals surface area contributed by atoms with Crippen LogP contribution in [0.2, 0.25) is 0 Å². The molecule has 0 aromatic rings. The van der Waals surface area contributed by atoms with Crippen molar-refractivity contribution in [2.75, 3.05) is 19.6 Å². The Kier molecular flexibility index (Phi) is 2.87. The highest BCUT2D eigenvalue weighted by atomic mass is 16.1. The molecule has 0 bridgehead atoms. The molecule has 1 aliphatic heterocycles. The number of allylic oxidation sites excluding steroid dienone is 1. The number of nitrogens with one attached hydrogen (secondary N) is 1. The fourth-order valence-corrected chi connectivity index (χ4v) is 1.40. The molecule has 1 fully saturated rings. The minimum atomic E-state index is 0.0732. The number of rotatable bonds is 2. The third-order valence-corrected chi connectivity index (χ3v) is 2.16. The first-order valence-electron chi connectivity index (χ1n) is 4.29. The van der Waals surface area contributed by atoms with Gasteiger partial charge in [0.1, 0.15) is 0 Å². The topological polar surface area (TPSA) is 32.3 Å². The highest BCUT2D eigenvalue weighted by molar-refractivity contribution is 5.91. The van der Waals surface area contributed by atoms with Gasteiger partial charge in [0.2, 0.25) is 0 Å². The van der Waals surface area contributed by atoms with Crippen LogP contribution in [0.25, 0.3) is 0 Å². The number of carbonyl (C=O) groups excluding carboxylic acids is 1. The summed E-state index contributed by atoms with van der Waals surface area (Å²) in [5.74, 6) is 0.0732. The zero-order chi connectivity index (χ0) is 9.14. The van der Waals surface area contributed by atoms with Crippen molar-refractivity contribution in [1.82, 2.24) is 10.2 Å². The average Bonchev–Trinajstić information content (AvgIpc) is 2.03. The lowest BCUT2D eigenvalue weighted by Gasteiger charge is -2.33. The summed E-state index contributed by atoms with van der Waals surface area (Å²) >= 11 is 0. The van der Waals surface area contributed by atoms with Gasteiger partial charge < -0.3 is 10.2 Å². The van der Waals surface area contributed by atoms with E-state index in [0.717, 1.165) is 19.6 Å². The molecule has 3 heteroatoms. The number of ketones is 1. The first-order chi connectivity index (χ1) is 5.61. The summed E-state index contributed by atoms with van der Waals surface area (Å²) in [5, 5.41) is 3.31. The Bertz CT molecular complexity index is 201. The van der Waals surface area contributed by atoms with Crippen molar-refractivity contribution in [2.24, 2.45) is 0 Å². The fourth-order valence-electron chi connectivity index (χ4n) is 1.40. The van der Waals surface area contributed by atoms with E-state index in [1.165, 1.54) is 0 Å². The number of piperazine rings is 1. The number of Topliss-reactive ketones (excluding diaryl/α,β-unsaturated/α-hetero) is 1. The average molecular weight is 168 g/mol. The Hall–Kier alpha value is -0.830. The molecule has 0 aliphatic carbocycles. The normalized spacial score (nSPS) is 23.8. The summed E-state index contributed by atoms with van der Waals surface area (Å²) in [4.78, 5) is 13.0. The monoisotopic (exact) mass is 168 g/mol. The maximum atomic E-state index is 11.0. The molecule has 0 radical (unpaired) electrons. The zero-order valence-corrected chi connectivity index (χ0v) is 7.76. The van der Waals surface area contributed by atoms with Gasteiger partial charge >= 0.3 is 0 Å². The second-order valence-electron chi connectivity index (χ2n) is 3.30. The lowest BCUT2D eigenvalue weighted by atomic mass is 10.2. The van der Waals surface area contributed by atoms with Gasteiger partial charge in [-0.05, 0) is 6.92 Å². The van der Waals surface area contributed by atoms with E-state index < -0.39 is 0 Å². The lowest BCUT2D eigenvalue weighted by Crippen LogP contribution is -2.49. The Morgan fingerprint density at radius 2 is 2.33 bits per heavy atom. The van der Waals surface area contributed by atoms with Crippen molar-refractivity contribution in [3.8, 4) is 0 Å². The maximum Gasteiger partial charge on any atom is 0.175 e. The fraction of sp³-hybridized carbons (Fsp3) is 0.667. The van der Waals surface area contributed by atoms with Gasteiger partial charge in [-0.15, -0.1) is 0 Å². The van der Waals surface area contributed by atoms with Crippen LogP contribution in [0.1, 0.15) is 13.8 Å². The van der Waals surface area contributed by atoms with Gasteiger partial charge in [-0.2, -0.15) is 0 Å². The molecule has 0 saturated carbocycles. The van der Waals surface area contributed by atoms with Gasteiger partial charge in [0.15, 0.2) is 5.78 Å². The number of carbonyl (C=O) groups is 1. The molecular formula is C9H16N2O. The molecule has 1 atom stereocenters. The highest BCUT2D eigenvalue weighted by Crippen LogP contribution is 2.06. The van der Waals surface area contributed by atoms with Gasteiger partial charge in [-0.3, -0.25) is 4.79 Å². The van der Waals surface area contributed by atoms with Gasteiger partial charge in [0.05, 0.1) is 5.70 Å². The molecule has 3 nitrogen and oxygen atoms in total. The maximum absolute atomic E-state index is 11.0. The summed E-state index contributed by atoms with van der Waals surface area (Å²) < 4.78 is 0. The van der Waals surface area contributed by atoms with Crippen LogP contribution in [0.15, 0.2) is 12.3 Å². The van der Waals surface area contributed by atoms with Crippen molar-refractivity contribution in [1.29, 1.82) is 0 Å². The van der Waals surface area contributed by atoms with Crippen LogP contribution < -0.4 is 5.32 Å². The molecule has 0 aromatic heterocycles. The Morgan fingerprint density at radius 1 is 1.67 bits per heavy atom. The third-order valence-electron chi connectivity index (χ3n) is 2.16. The predicted molar refractivity (Wildman–Crippen MR) is 48.9 cm³/mol. The molecule has 0 unspecified atom stereocenters. The summed E-state index contributed by atoms with van der Waals surface area (Å²) in [7, 11) is 0. The molecule has 0 spiro atoms. The van der Waals surface area contributed by atoms with E-state index in [9.17, 15) is 4.79 Å². The largest absolute Gasteiger partial charge is 0.366 e. The summed E-state index contributed by atoms with van der Waals surface area (Å²) in [6.45, 7) is 10.2. The minimum Gasteiger partial charge on any atom is -0.366 e. The van der Waals surface area contributed by atoms with Gasteiger partial charge in [-0.25, -0.2) is 0 Å². The van der Waals surface area contributed by atoms with E-state index in [1.807, 2.05) is 4.90 Å². The molecule has 1 heterocycles. The van der Waals surface area contributed by atoms with Gasteiger partial charge in [-0.1, -0.05) is 6.58 Å². The Labute approximate surface area is 73.4 Å². The second kappa shape index (κ2) is 3.72. The van der Waals surface area contributed by atoms with E-state index in [4.69, 9.17) is 0 Å². The van der Waals surface area contributed by atoms with Crippen LogP contribution in [-0.4, -0.2) is 36.4 Å². The van der Waals surface area contributed by atoms with Crippen molar-refractivity contribution < 1.29 is 4.79 Å². The Balaban J connectivity index is 2.51. The molecule has 68 valence electrons. The van der Waals surface area contributed by atoms with E-state index in [0.29, 0.717) is 11.7 Å². The molecule has 0 aromatic carbocycles. The molecule has 0 amide bonds. The quantitative estimate of drug-likeness (QED) is 0.605. The number of hydrogen-bond donors (Lipinski definition) is 1. The molecule has 1 saturated heterocycles. The van der Waals surface area contributed by atoms with Gasteiger partial charge in [0.25, 0.3) is 0 Å². The van der Waals surface area contributed by atoms with E-state index in [1.54, 1.807) is 6.92 Å². The molecule has 1 N–H and O–H groups in total. The Morgan fingerprint density at radius 3 is 2.83 bits per heavy atom. The first-order valence-corrected chi connectivity index (χ1v) is 4.29. The molecule has 1 rings (SSSR count). The molecule has 1 aliphatic rings. The van der Waals surface area contributed by atoms with Crippen molar-refractivity contribution in [2.45, 2.75) is 19.9 Å². The lowest BCUT2D eigenvalue weighted by molar-refractivity contribution is -0.115. The standard InChI is InChI=1S/C9H16N2O/c1-7-6-11(5-4-10-7)8(2)9(3)12/h7,10H,2,4-6H2,1,3H3/t7-/m1/s1. The number of nitrogens with zero attached hydrogens (tertiary/aromatic N) is 1. The molecular weight excluding hydrogens is 152 g/mol. The summed E-state index contributed by atoms with van der Waals surface area (Å²) in [6.07, 6.45) is 0. The van der Waals surface area contributed by atoms with Crippen LogP contribution >= 0.6 is 0 Å². The van der Waals surface area contributed by atoms with Crippen molar-refractivity contribution in [3.05, 3.63) is 12.3 Å². The SMILES string of the molecule is C=C(C(C)=O)N1CCN[C@H](C)C1. The van der Waals surface area contributed by atoms with E-state index in [2.05, 4.69) is 18.8 Å². The van der Waals surface area contributed by atoms with Crippen LogP contribution in [-0.2, 0) is 4.79 Å². The van der Waals surface area contributed by atoms with Crippen LogP contribution in [0.4, 0.5) is 0 Å². The smallest absolute Gasteiger partial charge is 0.175 e. The second-order valence-corrected chi connectivity index (χ2v) is 3.30. The van der Waals surface area contributed by atoms with Crippen LogP contribution in [0, 0.1) is 0 Å². The summed E-state index contributed by atoms with van der Waals surface area (Å²) in [5.41, 5.74) is 0.642. The van der Waals surface area contributed by atoms with Crippen molar-refractivity contribution in [3.63, 3.8) is 0 Å². The zero-order valence-electron chi connectivity index (χ0n) is 7.76. The van der Waals surface area contributed by atoms with Gasteiger partial charge in [0, 0.05) is 32.6 Å². The summed E-state index contributed by atoms with van der Waals surface area (Å²) in [6, 6.07) is 0.454. The molecule has 12 heavy (non-hydrogen) atoms. The van der Waals surface area contributed by atoms with Crippen LogP contribution in [0.5, 0.6) is 0 Å². The van der Waals surface area contributed by atoms with Crippen LogP contribution in [0.3, 0.4) is 0 Å². The van der Waals surface area contributed by atoms with E-state index in [-0.39, 0.29) is 5.78 Å². The van der Waals surface area contributed by atoms with E-state index >= 15 is 0 Å².